The van der Waals surface area contributed by atoms with Gasteiger partial charge in [-0.2, -0.15) is 11.8 Å². The molecule has 0 saturated heterocycles. The Morgan fingerprint density at radius 3 is 2.40 bits per heavy atom. The number of aromatic nitrogens is 1. The molecule has 0 bridgehead atoms. The molecule has 4 heteroatoms. The summed E-state index contributed by atoms with van der Waals surface area (Å²) in [4.78, 5) is 4.31. The third kappa shape index (κ3) is 3.29. The first-order valence-corrected chi connectivity index (χ1v) is 12.9. The van der Waals surface area contributed by atoms with E-state index in [-0.39, 0.29) is 0 Å². The molecule has 1 atom stereocenters. The summed E-state index contributed by atoms with van der Waals surface area (Å²) in [5.74, 6) is 2.31. The number of hydrogen-bond donors (Lipinski definition) is 1. The predicted octanol–water partition coefficient (Wildman–Crippen LogP) is 5.95. The van der Waals surface area contributed by atoms with Crippen molar-refractivity contribution in [3.8, 4) is 0 Å². The molecule has 110 valence electrons. The van der Waals surface area contributed by atoms with E-state index in [1.54, 1.807) is 5.56 Å². The van der Waals surface area contributed by atoms with E-state index < -0.39 is 8.07 Å². The van der Waals surface area contributed by atoms with Gasteiger partial charge in [0.2, 0.25) is 0 Å². The monoisotopic (exact) mass is 323 g/mol. The maximum atomic E-state index is 3.65. The van der Waals surface area contributed by atoms with Gasteiger partial charge in [0, 0.05) is 21.3 Å². The molecule has 20 heavy (non-hydrogen) atoms. The van der Waals surface area contributed by atoms with Gasteiger partial charge in [-0.1, -0.05) is 51.7 Å². The number of H-pyrrole nitrogens is 1. The Balaban J connectivity index is 2.61. The molecule has 1 heterocycles. The number of benzene rings is 1. The smallest absolute Gasteiger partial charge is 0.0773 e. The van der Waals surface area contributed by atoms with Crippen LogP contribution in [0.5, 0.6) is 0 Å². The highest BCUT2D eigenvalue weighted by atomic mass is 32.2. The highest BCUT2D eigenvalue weighted by Crippen LogP contribution is 2.45. The van der Waals surface area contributed by atoms with Crippen LogP contribution in [0.15, 0.2) is 29.3 Å². The maximum Gasteiger partial charge on any atom is 0.0773 e. The van der Waals surface area contributed by atoms with Gasteiger partial charge in [-0.15, -0.1) is 11.8 Å². The van der Waals surface area contributed by atoms with Crippen molar-refractivity contribution < 1.29 is 0 Å². The lowest BCUT2D eigenvalue weighted by molar-refractivity contribution is 1.13. The van der Waals surface area contributed by atoms with E-state index in [1.807, 2.05) is 11.8 Å². The minimum atomic E-state index is -1.26. The van der Waals surface area contributed by atoms with Crippen molar-refractivity contribution in [2.75, 3.05) is 11.5 Å². The summed E-state index contributed by atoms with van der Waals surface area (Å²) in [6.45, 7) is 12.0. The van der Waals surface area contributed by atoms with Crippen LogP contribution in [0.3, 0.4) is 0 Å². The fourth-order valence-electron chi connectivity index (χ4n) is 2.59. The second-order valence-electron chi connectivity index (χ2n) is 6.05. The Kier molecular flexibility index (Phi) is 5.32. The highest BCUT2D eigenvalue weighted by molar-refractivity contribution is 8.01. The average Bonchev–Trinajstić information content (AvgIpc) is 2.73. The lowest BCUT2D eigenvalue weighted by Gasteiger charge is -2.29. The molecule has 0 aliphatic heterocycles. The number of fused-ring (bicyclic) bond motifs is 1. The van der Waals surface area contributed by atoms with Crippen LogP contribution in [0, 0.1) is 0 Å². The van der Waals surface area contributed by atoms with Gasteiger partial charge >= 0.3 is 0 Å². The van der Waals surface area contributed by atoms with E-state index in [4.69, 9.17) is 0 Å². The first kappa shape index (κ1) is 16.1. The summed E-state index contributed by atoms with van der Waals surface area (Å²) >= 11 is 4.08. The SMILES string of the molecule is CCSc1[nH]c2ccccc2c1C(SCC)[Si](C)(C)C. The molecule has 0 amide bonds. The molecule has 0 aliphatic carbocycles. The second-order valence-corrected chi connectivity index (χ2v) is 14.4. The minimum absolute atomic E-state index is 0.665. The van der Waals surface area contributed by atoms with Gasteiger partial charge in [-0.05, 0) is 17.6 Å². The zero-order valence-corrected chi connectivity index (χ0v) is 15.8. The number of rotatable bonds is 6. The van der Waals surface area contributed by atoms with Crippen LogP contribution in [-0.2, 0) is 0 Å². The van der Waals surface area contributed by atoms with Crippen LogP contribution in [0.25, 0.3) is 10.9 Å². The molecular weight excluding hydrogens is 298 g/mol. The molecule has 2 aromatic rings. The molecule has 2 rings (SSSR count). The van der Waals surface area contributed by atoms with Crippen LogP contribution in [0.2, 0.25) is 19.6 Å². The van der Waals surface area contributed by atoms with Gasteiger partial charge in [0.1, 0.15) is 0 Å². The van der Waals surface area contributed by atoms with Gasteiger partial charge in [0.15, 0.2) is 0 Å². The van der Waals surface area contributed by atoms with Crippen LogP contribution in [0.1, 0.15) is 24.3 Å². The van der Waals surface area contributed by atoms with Crippen molar-refractivity contribution in [2.24, 2.45) is 0 Å². The molecule has 1 aromatic carbocycles. The lowest BCUT2D eigenvalue weighted by atomic mass is 10.2. The Morgan fingerprint density at radius 1 is 1.10 bits per heavy atom. The summed E-state index contributed by atoms with van der Waals surface area (Å²) in [6, 6.07) is 8.78. The quantitative estimate of drug-likeness (QED) is 0.522. The molecule has 0 fully saturated rings. The van der Waals surface area contributed by atoms with Crippen molar-refractivity contribution >= 4 is 42.5 Å². The molecule has 0 saturated carbocycles. The van der Waals surface area contributed by atoms with Gasteiger partial charge in [-0.25, -0.2) is 0 Å². The zero-order chi connectivity index (χ0) is 14.8. The van der Waals surface area contributed by atoms with Crippen molar-refractivity contribution in [2.45, 2.75) is 43.4 Å². The van der Waals surface area contributed by atoms with Crippen LogP contribution < -0.4 is 0 Å². The summed E-state index contributed by atoms with van der Waals surface area (Å²) < 4.78 is 0. The largest absolute Gasteiger partial charge is 0.349 e. The van der Waals surface area contributed by atoms with E-state index in [0.29, 0.717) is 4.87 Å². The first-order valence-electron chi connectivity index (χ1n) is 7.34. The zero-order valence-electron chi connectivity index (χ0n) is 13.1. The number of para-hydroxylation sites is 1. The Bertz CT molecular complexity index is 571. The maximum absolute atomic E-state index is 3.65. The van der Waals surface area contributed by atoms with E-state index in [1.165, 1.54) is 21.7 Å². The van der Waals surface area contributed by atoms with E-state index in [0.717, 1.165) is 5.75 Å². The molecule has 1 N–H and O–H groups in total. The highest BCUT2D eigenvalue weighted by Gasteiger charge is 2.32. The number of nitrogens with one attached hydrogen (secondary N) is 1. The van der Waals surface area contributed by atoms with E-state index >= 15 is 0 Å². The van der Waals surface area contributed by atoms with Crippen molar-refractivity contribution in [1.82, 2.24) is 4.98 Å². The lowest BCUT2D eigenvalue weighted by Crippen LogP contribution is -2.29. The third-order valence-electron chi connectivity index (χ3n) is 3.38. The van der Waals surface area contributed by atoms with Crippen molar-refractivity contribution in [3.63, 3.8) is 0 Å². The number of hydrogen-bond acceptors (Lipinski definition) is 2. The topological polar surface area (TPSA) is 15.8 Å². The number of aromatic amines is 1. The first-order chi connectivity index (χ1) is 9.49. The molecule has 0 aliphatic rings. The summed E-state index contributed by atoms with van der Waals surface area (Å²) in [6.07, 6.45) is 0. The van der Waals surface area contributed by atoms with Gasteiger partial charge in [0.25, 0.3) is 0 Å². The van der Waals surface area contributed by atoms with Crippen molar-refractivity contribution in [1.29, 1.82) is 0 Å². The Labute approximate surface area is 132 Å². The molecule has 0 spiro atoms. The fraction of sp³-hybridized carbons (Fsp3) is 0.500. The summed E-state index contributed by atoms with van der Waals surface area (Å²) in [7, 11) is -1.26. The molecule has 1 nitrogen and oxygen atoms in total. The van der Waals surface area contributed by atoms with Gasteiger partial charge in [0.05, 0.1) is 13.1 Å². The Morgan fingerprint density at radius 2 is 1.80 bits per heavy atom. The molecular formula is C16H25NS2Si. The van der Waals surface area contributed by atoms with E-state index in [2.05, 4.69) is 74.5 Å². The third-order valence-corrected chi connectivity index (χ3v) is 9.67. The van der Waals surface area contributed by atoms with Gasteiger partial charge < -0.3 is 4.98 Å². The molecule has 0 radical (unpaired) electrons. The predicted molar refractivity (Wildman–Crippen MR) is 98.9 cm³/mol. The van der Waals surface area contributed by atoms with E-state index in [9.17, 15) is 0 Å². The summed E-state index contributed by atoms with van der Waals surface area (Å²) in [5.41, 5.74) is 2.86. The number of thioether (sulfide) groups is 2. The fourth-order valence-corrected chi connectivity index (χ4v) is 8.03. The van der Waals surface area contributed by atoms with Crippen LogP contribution >= 0.6 is 23.5 Å². The normalized spacial score (nSPS) is 13.8. The molecule has 1 unspecified atom stereocenters. The molecule has 1 aromatic heterocycles. The van der Waals surface area contributed by atoms with Gasteiger partial charge in [-0.3, -0.25) is 0 Å². The minimum Gasteiger partial charge on any atom is -0.349 e. The Hall–Kier alpha value is -0.323. The van der Waals surface area contributed by atoms with Crippen LogP contribution in [0.4, 0.5) is 0 Å². The summed E-state index contributed by atoms with van der Waals surface area (Å²) in [5, 5.41) is 2.82. The standard InChI is InChI=1S/C16H25NS2Si/c1-6-18-15-14(16(19-7-2)20(3,4)5)12-10-8-9-11-13(12)17-15/h8-11,16-17H,6-7H2,1-5H3. The van der Waals surface area contributed by atoms with Crippen LogP contribution in [-0.4, -0.2) is 24.6 Å². The second kappa shape index (κ2) is 6.63. The van der Waals surface area contributed by atoms with Crippen molar-refractivity contribution in [3.05, 3.63) is 29.8 Å². The average molecular weight is 324 g/mol.